The van der Waals surface area contributed by atoms with Gasteiger partial charge in [-0.3, -0.25) is 0 Å². The predicted molar refractivity (Wildman–Crippen MR) is 298 cm³/mol. The molecule has 0 saturated heterocycles. The summed E-state index contributed by atoms with van der Waals surface area (Å²) in [5.41, 5.74) is 18.6. The van der Waals surface area contributed by atoms with Crippen LogP contribution >= 0.6 is 0 Å². The van der Waals surface area contributed by atoms with Gasteiger partial charge in [0.1, 0.15) is 0 Å². The van der Waals surface area contributed by atoms with E-state index in [2.05, 4.69) is 289 Å². The number of benzene rings is 12. The van der Waals surface area contributed by atoms with E-state index >= 15 is 0 Å². The fraction of sp³-hybridized carbons (Fsp3) is 0. The van der Waals surface area contributed by atoms with Gasteiger partial charge in [0.05, 0.1) is 11.0 Å². The van der Waals surface area contributed by atoms with Gasteiger partial charge in [-0.05, 0) is 162 Å². The van der Waals surface area contributed by atoms with Crippen molar-refractivity contribution in [3.8, 4) is 61.3 Å². The lowest BCUT2D eigenvalue weighted by molar-refractivity contribution is 1.18. The van der Waals surface area contributed by atoms with E-state index in [9.17, 15) is 0 Å². The van der Waals surface area contributed by atoms with Crippen LogP contribution in [0.5, 0.6) is 0 Å². The predicted octanol–water partition coefficient (Wildman–Crippen LogP) is 18.9. The molecule has 0 spiro atoms. The SMILES string of the molecule is c1ccc(-c2cc(-c3ccccc3)cc(-c3ccc(N(c4ccc(-c5ccc6ccccc6c5)cc4)c4cccc(-c5cccc6c5c5c7ccccc7ccc5n6-c5ccccc5)c4)cc3)c2)cc1. The van der Waals surface area contributed by atoms with Crippen LogP contribution in [0, 0.1) is 0 Å². The molecule has 13 rings (SSSR count). The van der Waals surface area contributed by atoms with Crippen molar-refractivity contribution in [2.24, 2.45) is 0 Å². The summed E-state index contributed by atoms with van der Waals surface area (Å²) in [5.74, 6) is 0. The Bertz CT molecular complexity index is 3960. The Balaban J connectivity index is 0.962. The molecule has 0 atom stereocenters. The Hall–Kier alpha value is -9.24. The van der Waals surface area contributed by atoms with Crippen LogP contribution in [0.1, 0.15) is 0 Å². The van der Waals surface area contributed by atoms with Gasteiger partial charge in [0.15, 0.2) is 0 Å². The minimum Gasteiger partial charge on any atom is -0.310 e. The molecule has 0 bridgehead atoms. The fourth-order valence-corrected chi connectivity index (χ4v) is 10.5. The van der Waals surface area contributed by atoms with Crippen LogP contribution in [0.4, 0.5) is 17.1 Å². The zero-order valence-electron chi connectivity index (χ0n) is 38.5. The topological polar surface area (TPSA) is 8.17 Å². The number of hydrogen-bond donors (Lipinski definition) is 0. The molecule has 1 aromatic heterocycles. The molecular formula is C68H46N2. The molecule has 0 amide bonds. The molecule has 328 valence electrons. The Labute approximate surface area is 408 Å². The van der Waals surface area contributed by atoms with Crippen LogP contribution in [0.15, 0.2) is 279 Å². The van der Waals surface area contributed by atoms with Gasteiger partial charge in [0.25, 0.3) is 0 Å². The van der Waals surface area contributed by atoms with Gasteiger partial charge in [-0.2, -0.15) is 0 Å². The number of rotatable bonds is 9. The molecule has 0 fully saturated rings. The highest BCUT2D eigenvalue weighted by Gasteiger charge is 2.20. The summed E-state index contributed by atoms with van der Waals surface area (Å²) in [6.45, 7) is 0. The maximum absolute atomic E-state index is 2.42. The number of fused-ring (bicyclic) bond motifs is 6. The quantitative estimate of drug-likeness (QED) is 0.140. The molecule has 0 aliphatic heterocycles. The van der Waals surface area contributed by atoms with Gasteiger partial charge < -0.3 is 9.47 Å². The second-order valence-corrected chi connectivity index (χ2v) is 18.1. The molecule has 2 heteroatoms. The van der Waals surface area contributed by atoms with Crippen molar-refractivity contribution in [3.05, 3.63) is 279 Å². The molecule has 0 unspecified atom stereocenters. The molecule has 70 heavy (non-hydrogen) atoms. The number of para-hydroxylation sites is 1. The van der Waals surface area contributed by atoms with E-state index in [-0.39, 0.29) is 0 Å². The van der Waals surface area contributed by atoms with Crippen LogP contribution in [-0.4, -0.2) is 4.57 Å². The summed E-state index contributed by atoms with van der Waals surface area (Å²) < 4.78 is 2.42. The first-order valence-corrected chi connectivity index (χ1v) is 24.1. The Morgan fingerprint density at radius 2 is 0.729 bits per heavy atom. The third-order valence-electron chi connectivity index (χ3n) is 13.9. The van der Waals surface area contributed by atoms with Crippen LogP contribution in [0.2, 0.25) is 0 Å². The van der Waals surface area contributed by atoms with Gasteiger partial charge in [-0.25, -0.2) is 0 Å². The highest BCUT2D eigenvalue weighted by molar-refractivity contribution is 6.25. The fourth-order valence-electron chi connectivity index (χ4n) is 10.5. The van der Waals surface area contributed by atoms with E-state index in [1.807, 2.05) is 0 Å². The van der Waals surface area contributed by atoms with Gasteiger partial charge in [-0.15, -0.1) is 0 Å². The average molecular weight is 891 g/mol. The summed E-state index contributed by atoms with van der Waals surface area (Å²) in [7, 11) is 0. The average Bonchev–Trinajstić information content (AvgIpc) is 3.79. The Kier molecular flexibility index (Phi) is 10.2. The first kappa shape index (κ1) is 41.0. The highest BCUT2D eigenvalue weighted by Crippen LogP contribution is 2.44. The third kappa shape index (κ3) is 7.40. The lowest BCUT2D eigenvalue weighted by Crippen LogP contribution is -2.10. The summed E-state index contributed by atoms with van der Waals surface area (Å²) in [4.78, 5) is 2.40. The Morgan fingerprint density at radius 3 is 1.39 bits per heavy atom. The number of nitrogens with zero attached hydrogens (tertiary/aromatic N) is 2. The second-order valence-electron chi connectivity index (χ2n) is 18.1. The maximum Gasteiger partial charge on any atom is 0.0547 e. The first-order chi connectivity index (χ1) is 34.7. The van der Waals surface area contributed by atoms with Gasteiger partial charge in [0, 0.05) is 33.5 Å². The summed E-state index contributed by atoms with van der Waals surface area (Å²) >= 11 is 0. The molecular weight excluding hydrogens is 845 g/mol. The van der Waals surface area contributed by atoms with E-state index in [4.69, 9.17) is 0 Å². The normalized spacial score (nSPS) is 11.4. The third-order valence-corrected chi connectivity index (χ3v) is 13.9. The lowest BCUT2D eigenvalue weighted by Gasteiger charge is -2.26. The lowest BCUT2D eigenvalue weighted by atomic mass is 9.93. The number of anilines is 3. The molecule has 1 heterocycles. The van der Waals surface area contributed by atoms with Gasteiger partial charge >= 0.3 is 0 Å². The van der Waals surface area contributed by atoms with Crippen LogP contribution in [0.25, 0.3) is 105 Å². The van der Waals surface area contributed by atoms with Crippen molar-refractivity contribution in [3.63, 3.8) is 0 Å². The zero-order chi connectivity index (χ0) is 46.4. The van der Waals surface area contributed by atoms with Gasteiger partial charge in [-0.1, -0.05) is 194 Å². The minimum atomic E-state index is 1.08. The second kappa shape index (κ2) is 17.4. The van der Waals surface area contributed by atoms with E-state index in [1.54, 1.807) is 0 Å². The van der Waals surface area contributed by atoms with Crippen molar-refractivity contribution in [2.45, 2.75) is 0 Å². The minimum absolute atomic E-state index is 1.08. The molecule has 0 aliphatic rings. The van der Waals surface area contributed by atoms with E-state index in [0.29, 0.717) is 0 Å². The van der Waals surface area contributed by atoms with Crippen molar-refractivity contribution in [1.29, 1.82) is 0 Å². The van der Waals surface area contributed by atoms with Crippen LogP contribution in [0.3, 0.4) is 0 Å². The number of aromatic nitrogens is 1. The molecule has 0 radical (unpaired) electrons. The highest BCUT2D eigenvalue weighted by atomic mass is 15.1. The molecule has 2 nitrogen and oxygen atoms in total. The molecule has 0 N–H and O–H groups in total. The smallest absolute Gasteiger partial charge is 0.0547 e. The van der Waals surface area contributed by atoms with E-state index in [1.165, 1.54) is 87.9 Å². The summed E-state index contributed by atoms with van der Waals surface area (Å²) in [6.07, 6.45) is 0. The largest absolute Gasteiger partial charge is 0.310 e. The van der Waals surface area contributed by atoms with Crippen molar-refractivity contribution < 1.29 is 0 Å². The first-order valence-electron chi connectivity index (χ1n) is 24.1. The van der Waals surface area contributed by atoms with E-state index in [0.717, 1.165) is 33.9 Å². The molecule has 0 saturated carbocycles. The Morgan fingerprint density at radius 1 is 0.243 bits per heavy atom. The monoisotopic (exact) mass is 890 g/mol. The van der Waals surface area contributed by atoms with E-state index < -0.39 is 0 Å². The van der Waals surface area contributed by atoms with Crippen LogP contribution < -0.4 is 4.90 Å². The van der Waals surface area contributed by atoms with Crippen molar-refractivity contribution in [1.82, 2.24) is 4.57 Å². The maximum atomic E-state index is 2.42. The zero-order valence-corrected chi connectivity index (χ0v) is 38.5. The summed E-state index contributed by atoms with van der Waals surface area (Å²) in [5, 5.41) is 7.48. The standard InChI is InChI=1S/C68H46N2/c1-4-16-47(17-5-1)56-43-57(48-18-6-2-7-19-48)45-58(44-56)51-34-39-61(40-35-51)69(60-37-32-50(33-38-60)54-31-30-49-20-10-11-22-53(49)42-54)62-26-14-23-55(46-62)64-28-15-29-65-68(64)67-63-27-13-12-21-52(63)36-41-66(67)70(65)59-24-8-3-9-25-59/h1-46H. The van der Waals surface area contributed by atoms with Crippen molar-refractivity contribution >= 4 is 60.4 Å². The van der Waals surface area contributed by atoms with Crippen molar-refractivity contribution in [2.75, 3.05) is 4.90 Å². The number of hydrogen-bond acceptors (Lipinski definition) is 1. The van der Waals surface area contributed by atoms with Gasteiger partial charge in [0.2, 0.25) is 0 Å². The summed E-state index contributed by atoms with van der Waals surface area (Å²) in [6, 6.07) is 102. The molecule has 12 aromatic carbocycles. The molecule has 13 aromatic rings. The molecule has 0 aliphatic carbocycles. The van der Waals surface area contributed by atoms with Crippen LogP contribution in [-0.2, 0) is 0 Å².